The molecule has 0 unspecified atom stereocenters. The summed E-state index contributed by atoms with van der Waals surface area (Å²) < 4.78 is 59.8. The van der Waals surface area contributed by atoms with Gasteiger partial charge in [-0.3, -0.25) is 0 Å². The van der Waals surface area contributed by atoms with Crippen molar-refractivity contribution < 1.29 is 31.5 Å². The number of carbonyl (C=O) groups is 1. The second kappa shape index (κ2) is 6.04. The first kappa shape index (κ1) is 16.8. The van der Waals surface area contributed by atoms with Crippen molar-refractivity contribution in [2.24, 2.45) is 0 Å². The highest BCUT2D eigenvalue weighted by Gasteiger charge is 2.29. The predicted molar refractivity (Wildman–Crippen MR) is 68.7 cm³/mol. The lowest BCUT2D eigenvalue weighted by Crippen LogP contribution is -2.14. The maximum Gasteiger partial charge on any atom is 0.441 e. The first-order valence-corrected chi connectivity index (χ1v) is 7.95. The molecule has 0 atom stereocenters. The van der Waals surface area contributed by atoms with Crippen molar-refractivity contribution in [3.8, 4) is 0 Å². The average Bonchev–Trinajstić information content (AvgIpc) is 2.26. The number of hydrogen-bond donors (Lipinski definition) is 1. The normalized spacial score (nSPS) is 12.4. The van der Waals surface area contributed by atoms with Crippen LogP contribution in [0, 0.1) is 6.92 Å². The number of halogens is 3. The molecule has 0 fully saturated rings. The minimum atomic E-state index is -4.49. The lowest BCUT2D eigenvalue weighted by Gasteiger charge is -2.10. The summed E-state index contributed by atoms with van der Waals surface area (Å²) in [6.07, 6.45) is 0. The van der Waals surface area contributed by atoms with Crippen molar-refractivity contribution in [3.05, 3.63) is 29.3 Å². The number of alkyl halides is 3. The van der Waals surface area contributed by atoms with E-state index >= 15 is 0 Å². The second-order valence-corrected chi connectivity index (χ2v) is 7.08. The van der Waals surface area contributed by atoms with Crippen molar-refractivity contribution in [1.29, 1.82) is 0 Å². The van der Waals surface area contributed by atoms with Crippen LogP contribution in [-0.2, 0) is 9.84 Å². The fourth-order valence-electron chi connectivity index (χ4n) is 1.56. The highest BCUT2D eigenvalue weighted by Crippen LogP contribution is 2.31. The molecule has 4 nitrogen and oxygen atoms in total. The Labute approximate surface area is 117 Å². The van der Waals surface area contributed by atoms with Gasteiger partial charge in [-0.15, -0.1) is 0 Å². The lowest BCUT2D eigenvalue weighted by molar-refractivity contribution is -0.0326. The van der Waals surface area contributed by atoms with E-state index < -0.39 is 44.6 Å². The summed E-state index contributed by atoms with van der Waals surface area (Å²) in [6, 6.07) is 3.68. The molecule has 0 spiro atoms. The van der Waals surface area contributed by atoms with Crippen LogP contribution in [0.2, 0.25) is 0 Å². The van der Waals surface area contributed by atoms with E-state index in [9.17, 15) is 26.4 Å². The Hall–Kier alpha value is -1.22. The monoisotopic (exact) mass is 328 g/mol. The molecule has 20 heavy (non-hydrogen) atoms. The fourth-order valence-corrected chi connectivity index (χ4v) is 4.08. The van der Waals surface area contributed by atoms with Crippen LogP contribution < -0.4 is 0 Å². The zero-order valence-electron chi connectivity index (χ0n) is 10.3. The Balaban J connectivity index is 2.99. The first-order chi connectivity index (χ1) is 9.04. The standard InChI is InChI=1S/C11H11F3O4S2/c1-7-8(10(15)16)3-2-4-9(7)20(17,18)6-5-19-11(12,13)14/h2-4H,5-6H2,1H3,(H,15,16). The molecule has 1 N–H and O–H groups in total. The topological polar surface area (TPSA) is 71.4 Å². The SMILES string of the molecule is Cc1c(C(=O)O)cccc1S(=O)(=O)CCSC(F)(F)F. The molecule has 0 amide bonds. The number of carboxylic acids is 1. The molecule has 0 aliphatic carbocycles. The van der Waals surface area contributed by atoms with E-state index in [2.05, 4.69) is 0 Å². The summed E-state index contributed by atoms with van der Waals surface area (Å²) in [5.41, 5.74) is -4.65. The van der Waals surface area contributed by atoms with E-state index in [1.54, 1.807) is 0 Å². The maximum atomic E-state index is 12.0. The fraction of sp³-hybridized carbons (Fsp3) is 0.364. The summed E-state index contributed by atoms with van der Waals surface area (Å²) >= 11 is -0.424. The van der Waals surface area contributed by atoms with Crippen LogP contribution in [0.5, 0.6) is 0 Å². The van der Waals surface area contributed by atoms with E-state index in [4.69, 9.17) is 5.11 Å². The second-order valence-electron chi connectivity index (χ2n) is 3.85. The molecule has 1 aromatic rings. The van der Waals surface area contributed by atoms with Gasteiger partial charge in [-0.2, -0.15) is 13.2 Å². The van der Waals surface area contributed by atoms with E-state index in [0.717, 1.165) is 0 Å². The molecule has 9 heteroatoms. The van der Waals surface area contributed by atoms with Gasteiger partial charge in [-0.05, 0) is 36.4 Å². The molecule has 0 aliphatic heterocycles. The molecule has 0 saturated heterocycles. The Bertz CT molecular complexity index is 609. The zero-order valence-corrected chi connectivity index (χ0v) is 11.9. The van der Waals surface area contributed by atoms with Crippen molar-refractivity contribution in [2.45, 2.75) is 17.3 Å². The third kappa shape index (κ3) is 4.41. The Kier molecular flexibility index (Phi) is 5.09. The minimum Gasteiger partial charge on any atom is -0.478 e. The number of thioether (sulfide) groups is 1. The van der Waals surface area contributed by atoms with Crippen LogP contribution in [-0.4, -0.2) is 36.5 Å². The largest absolute Gasteiger partial charge is 0.478 e. The number of hydrogen-bond acceptors (Lipinski definition) is 4. The molecular weight excluding hydrogens is 317 g/mol. The maximum absolute atomic E-state index is 12.0. The molecule has 0 aliphatic rings. The summed E-state index contributed by atoms with van der Waals surface area (Å²) in [4.78, 5) is 10.6. The van der Waals surface area contributed by atoms with Crippen molar-refractivity contribution in [3.63, 3.8) is 0 Å². The third-order valence-corrected chi connectivity index (χ3v) is 5.32. The predicted octanol–water partition coefficient (Wildman–Crippen LogP) is 2.72. The number of carboxylic acid groups (broad SMARTS) is 1. The first-order valence-electron chi connectivity index (χ1n) is 5.31. The Morgan fingerprint density at radius 2 is 1.95 bits per heavy atom. The van der Waals surface area contributed by atoms with Gasteiger partial charge in [0.2, 0.25) is 0 Å². The third-order valence-electron chi connectivity index (χ3n) is 2.47. The van der Waals surface area contributed by atoms with Gasteiger partial charge in [0.25, 0.3) is 0 Å². The van der Waals surface area contributed by atoms with Gasteiger partial charge in [-0.1, -0.05) is 6.07 Å². The smallest absolute Gasteiger partial charge is 0.441 e. The van der Waals surface area contributed by atoms with Gasteiger partial charge in [0.1, 0.15) is 0 Å². The van der Waals surface area contributed by atoms with E-state index in [1.807, 2.05) is 0 Å². The molecule has 1 rings (SSSR count). The van der Waals surface area contributed by atoms with Crippen molar-refractivity contribution >= 4 is 27.6 Å². The molecule has 0 heterocycles. The van der Waals surface area contributed by atoms with Crippen LogP contribution >= 0.6 is 11.8 Å². The lowest BCUT2D eigenvalue weighted by atomic mass is 10.1. The van der Waals surface area contributed by atoms with Crippen LogP contribution in [0.25, 0.3) is 0 Å². The van der Waals surface area contributed by atoms with Gasteiger partial charge < -0.3 is 5.11 Å². The van der Waals surface area contributed by atoms with Crippen LogP contribution in [0.1, 0.15) is 15.9 Å². The van der Waals surface area contributed by atoms with Gasteiger partial charge in [0.15, 0.2) is 9.84 Å². The summed E-state index contributed by atoms with van der Waals surface area (Å²) in [5, 5.41) is 8.89. The minimum absolute atomic E-state index is 0.0250. The summed E-state index contributed by atoms with van der Waals surface area (Å²) in [7, 11) is -3.95. The highest BCUT2D eigenvalue weighted by molar-refractivity contribution is 8.01. The molecule has 112 valence electrons. The number of aromatic carboxylic acids is 1. The van der Waals surface area contributed by atoms with Gasteiger partial charge in [-0.25, -0.2) is 13.2 Å². The van der Waals surface area contributed by atoms with Crippen molar-refractivity contribution in [2.75, 3.05) is 11.5 Å². The highest BCUT2D eigenvalue weighted by atomic mass is 32.2. The zero-order chi connectivity index (χ0) is 15.6. The molecule has 0 saturated carbocycles. The van der Waals surface area contributed by atoms with E-state index in [0.29, 0.717) is 0 Å². The Morgan fingerprint density at radius 3 is 2.45 bits per heavy atom. The number of benzene rings is 1. The molecule has 1 aromatic carbocycles. The number of sulfone groups is 1. The van der Waals surface area contributed by atoms with Crippen LogP contribution in [0.3, 0.4) is 0 Å². The van der Waals surface area contributed by atoms with Crippen LogP contribution in [0.4, 0.5) is 13.2 Å². The Morgan fingerprint density at radius 1 is 1.35 bits per heavy atom. The molecule has 0 bridgehead atoms. The average molecular weight is 328 g/mol. The van der Waals surface area contributed by atoms with Gasteiger partial charge >= 0.3 is 11.5 Å². The quantitative estimate of drug-likeness (QED) is 0.900. The van der Waals surface area contributed by atoms with Gasteiger partial charge in [0, 0.05) is 5.75 Å². The van der Waals surface area contributed by atoms with Gasteiger partial charge in [0.05, 0.1) is 16.2 Å². The number of rotatable bonds is 5. The van der Waals surface area contributed by atoms with Crippen LogP contribution in [0.15, 0.2) is 23.1 Å². The molecular formula is C11H11F3O4S2. The molecule has 0 aromatic heterocycles. The van der Waals surface area contributed by atoms with Crippen molar-refractivity contribution in [1.82, 2.24) is 0 Å². The summed E-state index contributed by atoms with van der Waals surface area (Å²) in [6.45, 7) is 1.31. The summed E-state index contributed by atoms with van der Waals surface area (Å²) in [5.74, 6) is -2.63. The van der Waals surface area contributed by atoms with E-state index in [1.165, 1.54) is 25.1 Å². The molecule has 0 radical (unpaired) electrons. The van der Waals surface area contributed by atoms with E-state index in [-0.39, 0.29) is 16.0 Å².